The number of rotatable bonds is 7. The second-order valence-electron chi connectivity index (χ2n) is 4.64. The highest BCUT2D eigenvalue weighted by Crippen LogP contribution is 2.41. The van der Waals surface area contributed by atoms with Gasteiger partial charge in [0.1, 0.15) is 5.54 Å². The summed E-state index contributed by atoms with van der Waals surface area (Å²) in [6, 6.07) is 2.49. The minimum Gasteiger partial charge on any atom is -0.302 e. The number of hydrogen-bond acceptors (Lipinski definition) is 3. The maximum atomic E-state index is 9.28. The Morgan fingerprint density at radius 2 is 2.27 bits per heavy atom. The Kier molecular flexibility index (Phi) is 4.95. The van der Waals surface area contributed by atoms with Crippen LogP contribution in [0.5, 0.6) is 0 Å². The fourth-order valence-corrected chi connectivity index (χ4v) is 3.21. The zero-order chi connectivity index (χ0) is 11.3. The number of nitrogens with one attached hydrogen (secondary N) is 1. The highest BCUT2D eigenvalue weighted by atomic mass is 32.2. The average Bonchev–Trinajstić information content (AvgIpc) is 3.09. The van der Waals surface area contributed by atoms with E-state index in [1.807, 2.05) is 18.8 Å². The van der Waals surface area contributed by atoms with E-state index < -0.39 is 0 Å². The number of hydrogen-bond donors (Lipinski definition) is 1. The molecule has 1 fully saturated rings. The Hall–Kier alpha value is -0.200. The van der Waals surface area contributed by atoms with Gasteiger partial charge in [0.05, 0.1) is 6.07 Å². The van der Waals surface area contributed by atoms with Gasteiger partial charge in [-0.3, -0.25) is 0 Å². The van der Waals surface area contributed by atoms with Crippen molar-refractivity contribution < 1.29 is 0 Å². The molecule has 0 aliphatic heterocycles. The van der Waals surface area contributed by atoms with Gasteiger partial charge in [-0.05, 0) is 37.5 Å². The third-order valence-corrected chi connectivity index (χ3v) is 4.81. The highest BCUT2D eigenvalue weighted by Gasteiger charge is 2.44. The summed E-state index contributed by atoms with van der Waals surface area (Å²) in [6.45, 7) is 4.50. The minimum absolute atomic E-state index is 0.252. The molecule has 1 saturated carbocycles. The van der Waals surface area contributed by atoms with E-state index in [4.69, 9.17) is 0 Å². The van der Waals surface area contributed by atoms with Crippen LogP contribution in [0.2, 0.25) is 0 Å². The molecule has 2 nitrogen and oxygen atoms in total. The van der Waals surface area contributed by atoms with Crippen molar-refractivity contribution in [2.45, 2.75) is 38.6 Å². The lowest BCUT2D eigenvalue weighted by Gasteiger charge is -2.26. The van der Waals surface area contributed by atoms with Crippen LogP contribution in [-0.4, -0.2) is 24.1 Å². The lowest BCUT2D eigenvalue weighted by molar-refractivity contribution is 0.440. The molecule has 2 atom stereocenters. The Morgan fingerprint density at radius 1 is 1.60 bits per heavy atom. The zero-order valence-corrected chi connectivity index (χ0v) is 10.9. The van der Waals surface area contributed by atoms with E-state index in [1.165, 1.54) is 25.0 Å². The van der Waals surface area contributed by atoms with Gasteiger partial charge in [-0.1, -0.05) is 20.3 Å². The van der Waals surface area contributed by atoms with E-state index in [0.29, 0.717) is 5.92 Å². The highest BCUT2D eigenvalue weighted by molar-refractivity contribution is 7.99. The molecule has 0 heterocycles. The Balaban J connectivity index is 2.36. The largest absolute Gasteiger partial charge is 0.302 e. The molecule has 0 amide bonds. The first kappa shape index (κ1) is 12.9. The topological polar surface area (TPSA) is 35.8 Å². The molecule has 86 valence electrons. The van der Waals surface area contributed by atoms with Crippen molar-refractivity contribution in [1.29, 1.82) is 5.26 Å². The van der Waals surface area contributed by atoms with Crippen LogP contribution in [0.4, 0.5) is 0 Å². The average molecular weight is 226 g/mol. The molecule has 15 heavy (non-hydrogen) atoms. The fourth-order valence-electron chi connectivity index (χ4n) is 1.69. The summed E-state index contributed by atoms with van der Waals surface area (Å²) in [5, 5.41) is 12.5. The molecule has 0 bridgehead atoms. The molecule has 1 aliphatic rings. The van der Waals surface area contributed by atoms with Crippen molar-refractivity contribution in [3.8, 4) is 6.07 Å². The van der Waals surface area contributed by atoms with Crippen LogP contribution in [0.15, 0.2) is 0 Å². The Bertz CT molecular complexity index is 232. The smallest absolute Gasteiger partial charge is 0.118 e. The number of nitrogens with zero attached hydrogens (tertiary/aromatic N) is 1. The van der Waals surface area contributed by atoms with Crippen molar-refractivity contribution in [2.24, 2.45) is 11.8 Å². The van der Waals surface area contributed by atoms with Gasteiger partial charge < -0.3 is 5.32 Å². The second kappa shape index (κ2) is 5.77. The van der Waals surface area contributed by atoms with Crippen molar-refractivity contribution in [1.82, 2.24) is 5.32 Å². The van der Waals surface area contributed by atoms with E-state index in [0.717, 1.165) is 11.7 Å². The van der Waals surface area contributed by atoms with Crippen LogP contribution >= 0.6 is 11.8 Å². The molecule has 2 unspecified atom stereocenters. The van der Waals surface area contributed by atoms with Crippen molar-refractivity contribution in [3.05, 3.63) is 0 Å². The lowest BCUT2D eigenvalue weighted by atomic mass is 9.98. The molecule has 0 saturated heterocycles. The quantitative estimate of drug-likeness (QED) is 0.725. The predicted octanol–water partition coefficient (Wildman–Crippen LogP) is 2.66. The van der Waals surface area contributed by atoms with Crippen LogP contribution in [0, 0.1) is 23.2 Å². The van der Waals surface area contributed by atoms with E-state index in [2.05, 4.69) is 25.2 Å². The van der Waals surface area contributed by atoms with Crippen LogP contribution < -0.4 is 5.32 Å². The van der Waals surface area contributed by atoms with Gasteiger partial charge in [-0.15, -0.1) is 0 Å². The molecule has 0 aromatic rings. The van der Waals surface area contributed by atoms with Gasteiger partial charge in [0, 0.05) is 5.75 Å². The molecular weight excluding hydrogens is 204 g/mol. The van der Waals surface area contributed by atoms with Crippen molar-refractivity contribution in [2.75, 3.05) is 18.6 Å². The summed E-state index contributed by atoms with van der Waals surface area (Å²) in [6.07, 6.45) is 3.67. The van der Waals surface area contributed by atoms with Gasteiger partial charge in [0.15, 0.2) is 0 Å². The summed E-state index contributed by atoms with van der Waals surface area (Å²) in [7, 11) is 1.92. The third kappa shape index (κ3) is 3.39. The molecule has 0 spiro atoms. The van der Waals surface area contributed by atoms with E-state index in [1.54, 1.807) is 0 Å². The predicted molar refractivity (Wildman–Crippen MR) is 66.9 cm³/mol. The lowest BCUT2D eigenvalue weighted by Crippen LogP contribution is -2.46. The van der Waals surface area contributed by atoms with E-state index >= 15 is 0 Å². The Morgan fingerprint density at radius 3 is 2.67 bits per heavy atom. The molecule has 0 radical (unpaired) electrons. The molecule has 1 rings (SSSR count). The van der Waals surface area contributed by atoms with Crippen LogP contribution in [-0.2, 0) is 0 Å². The first-order valence-electron chi connectivity index (χ1n) is 5.86. The minimum atomic E-state index is -0.252. The zero-order valence-electron chi connectivity index (χ0n) is 10.0. The van der Waals surface area contributed by atoms with Crippen molar-refractivity contribution in [3.63, 3.8) is 0 Å². The van der Waals surface area contributed by atoms with Gasteiger partial charge >= 0.3 is 0 Å². The SMILES string of the molecule is CCC(C)CSCC(C#N)(NC)C1CC1. The van der Waals surface area contributed by atoms with Gasteiger partial charge in [-0.2, -0.15) is 17.0 Å². The summed E-state index contributed by atoms with van der Waals surface area (Å²) in [5.74, 6) is 3.47. The molecule has 1 N–H and O–H groups in total. The van der Waals surface area contributed by atoms with Crippen LogP contribution in [0.1, 0.15) is 33.1 Å². The second-order valence-corrected chi connectivity index (χ2v) is 5.67. The van der Waals surface area contributed by atoms with Crippen LogP contribution in [0.3, 0.4) is 0 Å². The number of thioether (sulfide) groups is 1. The molecule has 0 aromatic carbocycles. The number of nitriles is 1. The monoisotopic (exact) mass is 226 g/mol. The van der Waals surface area contributed by atoms with Crippen LogP contribution in [0.25, 0.3) is 0 Å². The molecule has 3 heteroatoms. The molecule has 1 aliphatic carbocycles. The summed E-state index contributed by atoms with van der Waals surface area (Å²) < 4.78 is 0. The molecular formula is C12H22N2S. The third-order valence-electron chi connectivity index (χ3n) is 3.35. The van der Waals surface area contributed by atoms with Gasteiger partial charge in [-0.25, -0.2) is 0 Å². The first-order valence-corrected chi connectivity index (χ1v) is 7.02. The normalized spacial score (nSPS) is 21.7. The summed E-state index contributed by atoms with van der Waals surface area (Å²) >= 11 is 1.93. The maximum absolute atomic E-state index is 9.28. The fraction of sp³-hybridized carbons (Fsp3) is 0.917. The summed E-state index contributed by atoms with van der Waals surface area (Å²) in [5.41, 5.74) is -0.252. The van der Waals surface area contributed by atoms with Gasteiger partial charge in [0.25, 0.3) is 0 Å². The van der Waals surface area contributed by atoms with Gasteiger partial charge in [0.2, 0.25) is 0 Å². The van der Waals surface area contributed by atoms with E-state index in [-0.39, 0.29) is 5.54 Å². The first-order chi connectivity index (χ1) is 7.18. The van der Waals surface area contributed by atoms with E-state index in [9.17, 15) is 5.26 Å². The Labute approximate surface area is 97.8 Å². The standard InChI is InChI=1S/C12H22N2S/c1-4-10(2)7-15-9-12(8-13,14-3)11-5-6-11/h10-11,14H,4-7,9H2,1-3H3. The molecule has 0 aromatic heterocycles. The maximum Gasteiger partial charge on any atom is 0.118 e. The summed E-state index contributed by atoms with van der Waals surface area (Å²) in [4.78, 5) is 0. The van der Waals surface area contributed by atoms with Crippen molar-refractivity contribution >= 4 is 11.8 Å².